The SMILES string of the molecule is CNc1ccnc2c1ncn2[C@@H]1O[C@H](COP(=O)(O)O)[C@@H](O)[C@H]1O.CNc1nc(C)nc2c1ncn2[C@@H]1O[C@H](COP(=O)(O)O)[C@@H](O)[C@H]1O.Cc1nc(N)c2nc(N=[N+]=[N-])n([C@@H]3O[C@H](COP(=O)(O)O)[C@@H](O)[C@H]3O)c2n1.Cn1cnc2c(ncn2[C@@H]2O[C@H](COP(=O)(O)O)[C@@H](O)[C@H]2O)c1=N.O=C1CC=Nc2c1ncn2[C@@H]1O[C@H](COP(=O)(O)O)[C@@H](O)[C@H]1O.O=P(O)(O)OC[C@H]1O[C@@H](n2cnc3c(Cl)ccnc32)[C@H](O)[C@@H]1O. The number of fused-ring (bicyclic) bond motifs is 6. The highest BCUT2D eigenvalue weighted by molar-refractivity contribution is 7.47. The van der Waals surface area contributed by atoms with Crippen molar-refractivity contribution in [2.45, 2.75) is 168 Å². The van der Waals surface area contributed by atoms with Gasteiger partial charge in [0.25, 0.3) is 0 Å². The highest BCUT2D eigenvalue weighted by atomic mass is 35.5. The number of Topliss-reactive ketones (excluding diaryl/α,β-unsaturated/α-hetero) is 1. The van der Waals surface area contributed by atoms with E-state index in [1.54, 1.807) is 53.3 Å². The number of aliphatic hydroxyl groups is 12. The predicted octanol–water partition coefficient (Wildman–Crippen LogP) is -5.82. The minimum Gasteiger partial charge on any atom is -0.387 e. The number of halogens is 1. The summed E-state index contributed by atoms with van der Waals surface area (Å²) in [5.41, 5.74) is 18.8. The van der Waals surface area contributed by atoms with Crippen molar-refractivity contribution in [3.05, 3.63) is 101 Å². The molecule has 24 atom stereocenters. The number of carbonyl (C=O) groups excluding carboxylic acids is 1. The third-order valence-electron chi connectivity index (χ3n) is 22.0. The van der Waals surface area contributed by atoms with E-state index in [1.165, 1.54) is 77.8 Å². The number of aryl methyl sites for hydroxylation is 3. The molecule has 0 aliphatic carbocycles. The lowest BCUT2D eigenvalue weighted by Crippen LogP contribution is -2.33. The zero-order chi connectivity index (χ0) is 107. The molecule has 71 nitrogen and oxygen atoms in total. The quantitative estimate of drug-likeness (QED) is 0.00987. The Bertz CT molecular complexity index is 6990. The second-order valence-corrected chi connectivity index (χ2v) is 39.7. The lowest BCUT2D eigenvalue weighted by molar-refractivity contribution is -0.0512. The van der Waals surface area contributed by atoms with E-state index in [2.05, 4.69) is 118 Å². The van der Waals surface area contributed by atoms with Crippen LogP contribution in [-0.4, -0.2) is 392 Å². The molecule has 29 N–H and O–H groups in total. The maximum atomic E-state index is 11.7. The summed E-state index contributed by atoms with van der Waals surface area (Å²) in [6.45, 7) is -0.399. The van der Waals surface area contributed by atoms with Gasteiger partial charge in [0.15, 0.2) is 111 Å². The van der Waals surface area contributed by atoms with Crippen molar-refractivity contribution in [3.8, 4) is 0 Å². The summed E-state index contributed by atoms with van der Waals surface area (Å²) in [4.78, 5) is 177. The highest BCUT2D eigenvalue weighted by Crippen LogP contribution is 2.48. The van der Waals surface area contributed by atoms with Crippen LogP contribution in [0.5, 0.6) is 0 Å². The van der Waals surface area contributed by atoms with E-state index in [-0.39, 0.29) is 69.1 Å². The molecule has 0 aromatic carbocycles. The number of carbonyl (C=O) groups is 1. The fourth-order valence-electron chi connectivity index (χ4n) is 15.2. The number of rotatable bonds is 27. The van der Waals surface area contributed by atoms with E-state index in [4.69, 9.17) is 115 Å². The molecule has 800 valence electrons. The Morgan fingerprint density at radius 1 is 0.438 bits per heavy atom. The molecule has 0 radical (unpaired) electrons. The van der Waals surface area contributed by atoms with Gasteiger partial charge >= 0.3 is 46.9 Å². The molecule has 0 amide bonds. The van der Waals surface area contributed by atoms with Crippen LogP contribution in [0.3, 0.4) is 0 Å². The van der Waals surface area contributed by atoms with Crippen molar-refractivity contribution in [1.29, 1.82) is 5.41 Å². The molecule has 6 fully saturated rings. The number of nitrogen functional groups attached to an aromatic ring is 1. The number of aliphatic hydroxyl groups excluding tert-OH is 12. The van der Waals surface area contributed by atoms with Gasteiger partial charge in [-0.25, -0.2) is 97.2 Å². The predicted molar refractivity (Wildman–Crippen MR) is 478 cm³/mol. The monoisotopic (exact) mass is 2210 g/mol. The summed E-state index contributed by atoms with van der Waals surface area (Å²) in [7, 11) is -23.4. The summed E-state index contributed by atoms with van der Waals surface area (Å²) in [5, 5.41) is 139. The van der Waals surface area contributed by atoms with Crippen LogP contribution in [0, 0.1) is 19.3 Å². The second kappa shape index (κ2) is 45.9. The number of hydrogen-bond donors (Lipinski definition) is 28. The third kappa shape index (κ3) is 26.2. The molecule has 6 saturated heterocycles. The first-order valence-electron chi connectivity index (χ1n) is 41.7. The molecule has 7 aliphatic heterocycles. The number of hydrogen-bond acceptors (Lipinski definition) is 50. The summed E-state index contributed by atoms with van der Waals surface area (Å²) in [5.74, 6) is 0.927. The molecule has 146 heavy (non-hydrogen) atoms. The second-order valence-electron chi connectivity index (χ2n) is 31.8. The zero-order valence-electron chi connectivity index (χ0n) is 75.0. The number of aromatic nitrogens is 20. The summed E-state index contributed by atoms with van der Waals surface area (Å²) >= 11 is 6.00. The van der Waals surface area contributed by atoms with E-state index in [9.17, 15) is 93.5 Å². The first-order chi connectivity index (χ1) is 68.4. The fraction of sp³-hybridized carbons (Fsp3) is 0.529. The molecule has 0 saturated carbocycles. The number of phosphoric ester groups is 6. The molecule has 18 rings (SSSR count). The van der Waals surface area contributed by atoms with Crippen LogP contribution < -0.4 is 21.9 Å². The Morgan fingerprint density at radius 3 is 1.20 bits per heavy atom. The normalized spacial score (nSPS) is 27.9. The van der Waals surface area contributed by atoms with Gasteiger partial charge in [0.05, 0.1) is 88.3 Å². The van der Waals surface area contributed by atoms with Crippen LogP contribution in [-0.2, 0) is 90.0 Å². The minimum atomic E-state index is -4.81. The lowest BCUT2D eigenvalue weighted by atomic mass is 10.1. The number of phosphoric acid groups is 6. The number of nitrogens with zero attached hydrogens (tertiary/aromatic N) is 24. The van der Waals surface area contributed by atoms with Crippen LogP contribution in [0.2, 0.25) is 5.02 Å². The van der Waals surface area contributed by atoms with Crippen LogP contribution in [0.1, 0.15) is 65.9 Å². The van der Waals surface area contributed by atoms with Gasteiger partial charge in [-0.05, 0) is 36.6 Å². The number of nitrogens with two attached hydrogens (primary N) is 1. The Kier molecular flexibility index (Phi) is 35.7. The molecule has 11 aromatic heterocycles. The summed E-state index contributed by atoms with van der Waals surface area (Å²) < 4.78 is 133. The van der Waals surface area contributed by atoms with E-state index < -0.39 is 234 Å². The van der Waals surface area contributed by atoms with Crippen molar-refractivity contribution in [3.63, 3.8) is 0 Å². The number of anilines is 3. The van der Waals surface area contributed by atoms with Gasteiger partial charge in [0, 0.05) is 51.1 Å². The van der Waals surface area contributed by atoms with Crippen molar-refractivity contribution < 1.29 is 208 Å². The van der Waals surface area contributed by atoms with E-state index >= 15 is 0 Å². The van der Waals surface area contributed by atoms with Gasteiger partial charge in [-0.15, -0.1) is 0 Å². The molecule has 0 bridgehead atoms. The highest BCUT2D eigenvalue weighted by Gasteiger charge is 2.52. The van der Waals surface area contributed by atoms with Crippen molar-refractivity contribution in [2.24, 2.45) is 17.2 Å². The Hall–Kier alpha value is -9.82. The van der Waals surface area contributed by atoms with Gasteiger partial charge in [-0.1, -0.05) is 11.6 Å². The number of nitrogens with one attached hydrogen (secondary N) is 3. The summed E-state index contributed by atoms with van der Waals surface area (Å²) in [6.07, 6.45) is -18.0. The zero-order valence-corrected chi connectivity index (χ0v) is 81.1. The van der Waals surface area contributed by atoms with E-state index in [1.807, 2.05) is 0 Å². The number of aliphatic imine (C=N–C) groups is 1. The molecule has 11 aromatic rings. The van der Waals surface area contributed by atoms with Crippen molar-refractivity contribution in [2.75, 3.05) is 70.1 Å². The van der Waals surface area contributed by atoms with Gasteiger partial charge in [0.1, 0.15) is 138 Å². The molecule has 7 aliphatic rings. The molecular formula is C68H93ClN28O43P6. The standard InChI is InChI=1S/C12H18N5O7P.C12H17N4O7P.C11H13ClN3O7P.C11H15N8O7P.C11H16N5O7P.C11H14N3O8P/c1-5-15-10(13-2)7-11(16-5)17(4-14-7)12-9(19)8(18)6(24-12)3-23-25(20,21)22;1-13-6-2-3-14-11-8(6)15-5-16(11)12-10(18)9(17)7(23-12)4-22-24(19,20)21;12-5-1-2-13-10-7(5)14-4-15(10)11-9(17)8(16)6(22-11)3-21-23(18,19)20;1-3-14-8(12)5-9(15-3)19(11(16-5)17-18-13)10-7(21)6(20)4(26-10)2-25-27(22,23)24;1-15-3-14-10-6(9(15)12)13-4-16(10)11-8(18)7(17)5(23-11)2-22-24(19,20)21;15-5-1-2-12-10-7(5)13-4-14(10)11-9(17)8(16)6(22-11)3-21-23(18,19)20/h4,6,8-9,12,18-19H,3H2,1-2H3,(H,13,15,16)(H2,20,21,22);2-3,5,7,9-10,12,17-18H,4H2,1H3,(H,13,14)(H2,19,20,21);1-2,4,6,8-9,11,16-17H,3H2,(H2,18,19,20);4,6-7,10,20-21H,2H2,1H3,(H2,12,14,15)(H2,22,23,24);3-5,7-8,11-12,17-18H,2H2,1H3,(H2,19,20,21);2,4,6,8-9,11,16-17H,1,3H2,(H2,18,19,20)/t6-,8-,9-,12-;7-,9-,10-,12-;6-,8-,9-,11-;4-,6-,7-,10-;5-,7-,8-,11-;6-,8-,9-,11-/m111111/s1. The average Bonchev–Trinajstić information content (AvgIpc) is 1.58. The van der Waals surface area contributed by atoms with Crippen molar-refractivity contribution in [1.82, 2.24) is 96.8 Å². The van der Waals surface area contributed by atoms with Crippen LogP contribution in [0.15, 0.2) is 72.6 Å². The first-order valence-corrected chi connectivity index (χ1v) is 51.2. The number of ketones is 1. The summed E-state index contributed by atoms with van der Waals surface area (Å²) in [6, 6.07) is 3.29. The molecule has 0 spiro atoms. The third-order valence-corrected chi connectivity index (χ3v) is 25.2. The Labute approximate surface area is 817 Å². The lowest BCUT2D eigenvalue weighted by Gasteiger charge is -2.18. The molecule has 0 unspecified atom stereocenters. The van der Waals surface area contributed by atoms with Crippen molar-refractivity contribution >= 4 is 155 Å². The Morgan fingerprint density at radius 2 is 0.788 bits per heavy atom. The van der Waals surface area contributed by atoms with Crippen LogP contribution >= 0.6 is 58.5 Å². The molecule has 78 heteroatoms. The molecular weight excluding hydrogens is 2120 g/mol. The largest absolute Gasteiger partial charge is 0.469 e. The van der Waals surface area contributed by atoms with Crippen LogP contribution in [0.25, 0.3) is 66.3 Å². The number of azide groups is 1. The van der Waals surface area contributed by atoms with E-state index in [0.717, 1.165) is 10.3 Å². The van der Waals surface area contributed by atoms with Crippen LogP contribution in [0.4, 0.5) is 29.1 Å². The molecule has 18 heterocycles. The van der Waals surface area contributed by atoms with E-state index in [0.29, 0.717) is 50.2 Å². The fourth-order valence-corrected chi connectivity index (χ4v) is 17.4. The van der Waals surface area contributed by atoms with Gasteiger partial charge in [-0.2, -0.15) is 0 Å². The topological polar surface area (TPSA) is 1050 Å². The Balaban J connectivity index is 0.000000147. The maximum Gasteiger partial charge on any atom is 0.469 e. The first kappa shape index (κ1) is 113. The van der Waals surface area contributed by atoms with Gasteiger partial charge in [-0.3, -0.25) is 64.7 Å². The number of imidazole rings is 6. The van der Waals surface area contributed by atoms with Gasteiger partial charge in [0.2, 0.25) is 5.95 Å². The average molecular weight is 2210 g/mol. The van der Waals surface area contributed by atoms with Gasteiger partial charge < -0.3 is 169 Å². The number of ether oxygens (including phenoxy) is 6. The maximum absolute atomic E-state index is 11.7. The number of pyridine rings is 2. The smallest absolute Gasteiger partial charge is 0.387 e. The minimum absolute atomic E-state index is 0.0000536.